The van der Waals surface area contributed by atoms with Crippen molar-refractivity contribution in [1.82, 2.24) is 14.8 Å². The van der Waals surface area contributed by atoms with Gasteiger partial charge in [-0.15, -0.1) is 0 Å². The minimum Gasteiger partial charge on any atom is -0.307 e. The third-order valence-electron chi connectivity index (χ3n) is 2.21. The molecule has 3 nitrogen and oxygen atoms in total. The van der Waals surface area contributed by atoms with E-state index in [1.165, 1.54) is 17.9 Å². The van der Waals surface area contributed by atoms with E-state index in [1.54, 1.807) is 0 Å². The van der Waals surface area contributed by atoms with E-state index in [4.69, 9.17) is 12.2 Å². The van der Waals surface area contributed by atoms with Crippen molar-refractivity contribution in [2.24, 2.45) is 7.05 Å². The molecular formula is C7H11N3S2. The van der Waals surface area contributed by atoms with Crippen LogP contribution < -0.4 is 0 Å². The number of hydrogen-bond donors (Lipinski definition) is 1. The number of nitrogens with one attached hydrogen (secondary N) is 1. The highest BCUT2D eigenvalue weighted by Crippen LogP contribution is 2.30. The summed E-state index contributed by atoms with van der Waals surface area (Å²) in [6.45, 7) is 0. The third kappa shape index (κ3) is 1.31. The lowest BCUT2D eigenvalue weighted by Gasteiger charge is -2.05. The number of hydrogen-bond acceptors (Lipinski definition) is 3. The van der Waals surface area contributed by atoms with Gasteiger partial charge in [-0.05, 0) is 24.4 Å². The van der Waals surface area contributed by atoms with E-state index >= 15 is 0 Å². The van der Waals surface area contributed by atoms with Gasteiger partial charge in [-0.1, -0.05) is 0 Å². The Morgan fingerprint density at radius 1 is 1.75 bits per heavy atom. The van der Waals surface area contributed by atoms with Crippen LogP contribution in [0.4, 0.5) is 0 Å². The summed E-state index contributed by atoms with van der Waals surface area (Å²) in [5, 5.41) is 7.05. The molecule has 66 valence electrons. The Morgan fingerprint density at radius 3 is 3.08 bits per heavy atom. The topological polar surface area (TPSA) is 33.6 Å². The molecule has 1 aliphatic heterocycles. The standard InChI is InChI=1S/C7H11N3S2/c1-10-6(8-9-7(10)11)5-2-3-12-4-5/h5H,2-4H2,1H3,(H,9,11). The summed E-state index contributed by atoms with van der Waals surface area (Å²) < 4.78 is 2.70. The van der Waals surface area contributed by atoms with Gasteiger partial charge in [-0.2, -0.15) is 16.9 Å². The van der Waals surface area contributed by atoms with Crippen LogP contribution in [0.2, 0.25) is 0 Å². The molecule has 2 heterocycles. The number of H-pyrrole nitrogens is 1. The molecule has 0 radical (unpaired) electrons. The van der Waals surface area contributed by atoms with E-state index in [0.717, 1.165) is 10.6 Å². The Kier molecular flexibility index (Phi) is 2.23. The number of aromatic nitrogens is 3. The molecule has 1 fully saturated rings. The van der Waals surface area contributed by atoms with Crippen molar-refractivity contribution in [1.29, 1.82) is 0 Å². The Hall–Kier alpha value is -0.290. The molecule has 12 heavy (non-hydrogen) atoms. The Labute approximate surface area is 80.6 Å². The molecule has 1 saturated heterocycles. The predicted molar refractivity (Wildman–Crippen MR) is 53.1 cm³/mol. The second-order valence-electron chi connectivity index (χ2n) is 3.01. The SMILES string of the molecule is Cn1c(C2CCSC2)n[nH]c1=S. The van der Waals surface area contributed by atoms with Crippen LogP contribution in [0.5, 0.6) is 0 Å². The first kappa shape index (κ1) is 8.31. The predicted octanol–water partition coefficient (Wildman–Crippen LogP) is 1.70. The van der Waals surface area contributed by atoms with Crippen molar-refractivity contribution < 1.29 is 0 Å². The maximum Gasteiger partial charge on any atom is 0.194 e. The van der Waals surface area contributed by atoms with E-state index < -0.39 is 0 Å². The normalized spacial score (nSPS) is 23.2. The van der Waals surface area contributed by atoms with Gasteiger partial charge in [0.25, 0.3) is 0 Å². The molecule has 1 unspecified atom stereocenters. The van der Waals surface area contributed by atoms with Gasteiger partial charge in [-0.25, -0.2) is 0 Å². The van der Waals surface area contributed by atoms with Crippen LogP contribution in [0.3, 0.4) is 0 Å². The summed E-state index contributed by atoms with van der Waals surface area (Å²) in [6.07, 6.45) is 1.23. The molecular weight excluding hydrogens is 190 g/mol. The van der Waals surface area contributed by atoms with E-state index in [2.05, 4.69) is 10.2 Å². The van der Waals surface area contributed by atoms with E-state index in [0.29, 0.717) is 5.92 Å². The zero-order valence-corrected chi connectivity index (χ0v) is 8.54. The van der Waals surface area contributed by atoms with E-state index in [9.17, 15) is 0 Å². The Balaban J connectivity index is 2.32. The molecule has 1 aromatic rings. The molecule has 0 spiro atoms. The highest BCUT2D eigenvalue weighted by molar-refractivity contribution is 7.99. The van der Waals surface area contributed by atoms with Crippen LogP contribution in [0.1, 0.15) is 18.2 Å². The minimum atomic E-state index is 0.605. The number of thioether (sulfide) groups is 1. The summed E-state index contributed by atoms with van der Waals surface area (Å²) in [5.74, 6) is 4.16. The molecule has 0 aromatic carbocycles. The maximum absolute atomic E-state index is 5.05. The first-order chi connectivity index (χ1) is 5.79. The van der Waals surface area contributed by atoms with Crippen molar-refractivity contribution in [3.05, 3.63) is 10.6 Å². The highest BCUT2D eigenvalue weighted by atomic mass is 32.2. The molecule has 1 atom stereocenters. The van der Waals surface area contributed by atoms with Gasteiger partial charge < -0.3 is 4.57 Å². The van der Waals surface area contributed by atoms with Crippen LogP contribution in [0.15, 0.2) is 0 Å². The van der Waals surface area contributed by atoms with Gasteiger partial charge in [0.05, 0.1) is 0 Å². The summed E-state index contributed by atoms with van der Waals surface area (Å²) in [5.41, 5.74) is 0. The van der Waals surface area contributed by atoms with Gasteiger partial charge in [0.15, 0.2) is 4.77 Å². The second kappa shape index (κ2) is 3.22. The second-order valence-corrected chi connectivity index (χ2v) is 4.54. The van der Waals surface area contributed by atoms with Crippen molar-refractivity contribution in [3.63, 3.8) is 0 Å². The largest absolute Gasteiger partial charge is 0.307 e. The molecule has 2 rings (SSSR count). The fraction of sp³-hybridized carbons (Fsp3) is 0.714. The van der Waals surface area contributed by atoms with Crippen molar-refractivity contribution in [2.75, 3.05) is 11.5 Å². The zero-order valence-electron chi connectivity index (χ0n) is 6.91. The quantitative estimate of drug-likeness (QED) is 0.702. The van der Waals surface area contributed by atoms with Crippen LogP contribution >= 0.6 is 24.0 Å². The first-order valence-corrected chi connectivity index (χ1v) is 5.54. The van der Waals surface area contributed by atoms with Gasteiger partial charge in [-0.3, -0.25) is 5.10 Å². The lowest BCUT2D eigenvalue weighted by Crippen LogP contribution is -2.05. The van der Waals surface area contributed by atoms with Gasteiger partial charge >= 0.3 is 0 Å². The number of aromatic amines is 1. The average molecular weight is 201 g/mol. The first-order valence-electron chi connectivity index (χ1n) is 3.98. The molecule has 0 saturated carbocycles. The highest BCUT2D eigenvalue weighted by Gasteiger charge is 2.21. The summed E-state index contributed by atoms with van der Waals surface area (Å²) in [7, 11) is 1.98. The number of nitrogens with zero attached hydrogens (tertiary/aromatic N) is 2. The molecule has 0 bridgehead atoms. The lowest BCUT2D eigenvalue weighted by atomic mass is 10.1. The monoisotopic (exact) mass is 201 g/mol. The fourth-order valence-corrected chi connectivity index (χ4v) is 2.82. The van der Waals surface area contributed by atoms with Crippen LogP contribution in [-0.2, 0) is 7.05 Å². The summed E-state index contributed by atoms with van der Waals surface area (Å²) in [6, 6.07) is 0. The zero-order chi connectivity index (χ0) is 8.55. The molecule has 1 aromatic heterocycles. The molecule has 5 heteroatoms. The summed E-state index contributed by atoms with van der Waals surface area (Å²) in [4.78, 5) is 0. The van der Waals surface area contributed by atoms with Crippen LogP contribution in [0.25, 0.3) is 0 Å². The van der Waals surface area contributed by atoms with E-state index in [1.807, 2.05) is 23.4 Å². The number of rotatable bonds is 1. The fourth-order valence-electron chi connectivity index (χ4n) is 1.46. The minimum absolute atomic E-state index is 0.605. The molecule has 1 aliphatic rings. The Bertz CT molecular complexity index is 322. The smallest absolute Gasteiger partial charge is 0.194 e. The van der Waals surface area contributed by atoms with Crippen LogP contribution in [-0.4, -0.2) is 26.3 Å². The Morgan fingerprint density at radius 2 is 2.58 bits per heavy atom. The lowest BCUT2D eigenvalue weighted by molar-refractivity contribution is 0.667. The summed E-state index contributed by atoms with van der Waals surface area (Å²) >= 11 is 7.04. The average Bonchev–Trinajstić information content (AvgIpc) is 2.64. The van der Waals surface area contributed by atoms with Gasteiger partial charge in [0, 0.05) is 18.7 Å². The molecule has 0 amide bonds. The van der Waals surface area contributed by atoms with Gasteiger partial charge in [0.2, 0.25) is 0 Å². The molecule has 1 N–H and O–H groups in total. The van der Waals surface area contributed by atoms with Crippen molar-refractivity contribution in [2.45, 2.75) is 12.3 Å². The molecule has 0 aliphatic carbocycles. The maximum atomic E-state index is 5.05. The van der Waals surface area contributed by atoms with E-state index in [-0.39, 0.29) is 0 Å². The van der Waals surface area contributed by atoms with Crippen molar-refractivity contribution in [3.8, 4) is 0 Å². The third-order valence-corrected chi connectivity index (χ3v) is 3.74. The van der Waals surface area contributed by atoms with Gasteiger partial charge in [0.1, 0.15) is 5.82 Å². The van der Waals surface area contributed by atoms with Crippen LogP contribution in [0, 0.1) is 4.77 Å². The van der Waals surface area contributed by atoms with Crippen molar-refractivity contribution >= 4 is 24.0 Å².